The van der Waals surface area contributed by atoms with Gasteiger partial charge in [-0.2, -0.15) is 34.8 Å². The van der Waals surface area contributed by atoms with Crippen molar-refractivity contribution in [3.8, 4) is 0 Å². The molecule has 1 aliphatic rings. The molecule has 1 unspecified atom stereocenters. The number of nitrogens with zero attached hydrogens (tertiary/aromatic N) is 3. The number of aromatic nitrogens is 1. The highest BCUT2D eigenvalue weighted by Crippen LogP contribution is 2.42. The number of halogens is 6. The van der Waals surface area contributed by atoms with Crippen molar-refractivity contribution in [3.05, 3.63) is 53.0 Å². The van der Waals surface area contributed by atoms with Gasteiger partial charge in [-0.15, -0.1) is 11.3 Å². The number of carbonyl (C=O) groups excluding carboxylic acids is 1. The van der Waals surface area contributed by atoms with Crippen LogP contribution >= 0.6 is 11.3 Å². The molecular weight excluding hydrogens is 568 g/mol. The molecule has 0 aliphatic carbocycles. The predicted molar refractivity (Wildman–Crippen MR) is 125 cm³/mol. The number of anilines is 2. The van der Waals surface area contributed by atoms with Crippen LogP contribution in [0.5, 0.6) is 0 Å². The minimum atomic E-state index is -5.08. The van der Waals surface area contributed by atoms with E-state index in [-0.39, 0.29) is 5.00 Å². The number of carbonyl (C=O) groups is 2. The molecule has 38 heavy (non-hydrogen) atoms. The topological polar surface area (TPSA) is 128 Å². The summed E-state index contributed by atoms with van der Waals surface area (Å²) >= 11 is 0.571. The monoisotopic (exact) mass is 585 g/mol. The van der Waals surface area contributed by atoms with E-state index >= 15 is 0 Å². The molecule has 4 rings (SSSR count). The van der Waals surface area contributed by atoms with E-state index < -0.39 is 51.5 Å². The van der Waals surface area contributed by atoms with Crippen LogP contribution in [0, 0.1) is 6.92 Å². The molecule has 1 aliphatic heterocycles. The highest BCUT2D eigenvalue weighted by molar-refractivity contribution is 7.86. The number of carboxylic acid groups (broad SMARTS) is 1. The average Bonchev–Trinajstić information content (AvgIpc) is 3.37. The van der Waals surface area contributed by atoms with Gasteiger partial charge in [0.25, 0.3) is 10.1 Å². The van der Waals surface area contributed by atoms with Gasteiger partial charge in [-0.1, -0.05) is 18.2 Å². The molecule has 9 nitrogen and oxygen atoms in total. The molecule has 1 aromatic carbocycles. The molecule has 1 saturated heterocycles. The number of aliphatic carboxylic acids is 1. The van der Waals surface area contributed by atoms with E-state index in [1.807, 2.05) is 0 Å². The zero-order valence-corrected chi connectivity index (χ0v) is 20.8. The summed E-state index contributed by atoms with van der Waals surface area (Å²) in [5.41, 5.74) is 0.604. The van der Waals surface area contributed by atoms with Crippen molar-refractivity contribution >= 4 is 55.0 Å². The number of para-hydroxylation sites is 1. The Kier molecular flexibility index (Phi) is 7.69. The second kappa shape index (κ2) is 10.0. The maximum absolute atomic E-state index is 13.3. The number of fused-ring (bicyclic) bond motifs is 1. The van der Waals surface area contributed by atoms with Gasteiger partial charge in [-0.05, 0) is 31.5 Å². The number of urea groups is 1. The van der Waals surface area contributed by atoms with Crippen molar-refractivity contribution in [2.75, 3.05) is 9.80 Å². The Balaban J connectivity index is 0.000000505. The van der Waals surface area contributed by atoms with Crippen molar-refractivity contribution in [1.29, 1.82) is 0 Å². The van der Waals surface area contributed by atoms with Gasteiger partial charge < -0.3 is 5.11 Å². The summed E-state index contributed by atoms with van der Waals surface area (Å²) in [4.78, 5) is 28.3. The van der Waals surface area contributed by atoms with Crippen molar-refractivity contribution in [2.45, 2.75) is 37.6 Å². The fourth-order valence-electron chi connectivity index (χ4n) is 3.78. The highest BCUT2D eigenvalue weighted by atomic mass is 32.2. The summed E-state index contributed by atoms with van der Waals surface area (Å²) in [6, 6.07) is 5.88. The number of rotatable bonds is 3. The molecule has 17 heteroatoms. The van der Waals surface area contributed by atoms with E-state index in [1.54, 1.807) is 31.2 Å². The number of thiophene rings is 1. The third-order valence-corrected chi connectivity index (χ3v) is 7.61. The van der Waals surface area contributed by atoms with Crippen LogP contribution in [0.3, 0.4) is 0 Å². The summed E-state index contributed by atoms with van der Waals surface area (Å²) in [5, 5.41) is 6.63. The zero-order valence-electron chi connectivity index (χ0n) is 19.1. The molecule has 0 bridgehead atoms. The summed E-state index contributed by atoms with van der Waals surface area (Å²) < 4.78 is 105. The quantitative estimate of drug-likeness (QED) is 0.315. The van der Waals surface area contributed by atoms with Crippen LogP contribution in [0.25, 0.3) is 10.9 Å². The molecule has 2 N–H and O–H groups in total. The third-order valence-electron chi connectivity index (χ3n) is 5.46. The first-order valence-electron chi connectivity index (χ1n) is 10.2. The molecule has 206 valence electrons. The molecule has 3 aromatic rings. The molecule has 3 heterocycles. The van der Waals surface area contributed by atoms with Crippen LogP contribution in [0.2, 0.25) is 0 Å². The molecule has 2 amide bonds. The second-order valence-electron chi connectivity index (χ2n) is 7.93. The zero-order chi connectivity index (χ0) is 28.8. The lowest BCUT2D eigenvalue weighted by atomic mass is 10.1. The lowest BCUT2D eigenvalue weighted by Crippen LogP contribution is -2.42. The van der Waals surface area contributed by atoms with Crippen LogP contribution in [0.15, 0.2) is 41.9 Å². The third kappa shape index (κ3) is 5.68. The number of amides is 2. The van der Waals surface area contributed by atoms with Gasteiger partial charge in [0.05, 0.1) is 29.0 Å². The second-order valence-corrected chi connectivity index (χ2v) is 10.3. The minimum absolute atomic E-state index is 0.235. The normalized spacial score (nSPS) is 18.5. The molecule has 0 saturated carbocycles. The fraction of sp³-hybridized carbons (Fsp3) is 0.286. The largest absolute Gasteiger partial charge is 0.490 e. The molecule has 0 spiro atoms. The number of hydrogen-bond acceptors (Lipinski definition) is 6. The minimum Gasteiger partial charge on any atom is -0.475 e. The summed E-state index contributed by atoms with van der Waals surface area (Å²) in [5.74, 6) is -2.76. The Morgan fingerprint density at radius 1 is 1.11 bits per heavy atom. The van der Waals surface area contributed by atoms with Gasteiger partial charge in [0.1, 0.15) is 5.00 Å². The van der Waals surface area contributed by atoms with Crippen LogP contribution in [0.4, 0.5) is 41.8 Å². The standard InChI is InChI=1S/C19H16F3N3O4S2.C2HF3O2/c1-10-13-5-3-4-6-14(13)23-8-15(10)24-11(2)17(31(27,28)29)25(18(24)26)16-7-12(9-30-16)19(20,21)22;3-2(4,5)1(6)7/h3-9,11,17H,1-2H3,(H,27,28,29);(H,6,7)/t11-,17?;/m1./s1. The molecular formula is C21H17F6N3O6S2. The van der Waals surface area contributed by atoms with Crippen LogP contribution in [0.1, 0.15) is 18.1 Å². The van der Waals surface area contributed by atoms with Crippen molar-refractivity contribution in [1.82, 2.24) is 4.98 Å². The Morgan fingerprint density at radius 3 is 2.18 bits per heavy atom. The van der Waals surface area contributed by atoms with Crippen LogP contribution < -0.4 is 9.80 Å². The molecule has 0 radical (unpaired) electrons. The number of carboxylic acids is 1. The average molecular weight is 586 g/mol. The van der Waals surface area contributed by atoms with E-state index in [0.717, 1.165) is 15.7 Å². The first-order chi connectivity index (χ1) is 17.4. The Hall–Kier alpha value is -3.44. The fourth-order valence-corrected chi connectivity index (χ4v) is 5.88. The SMILES string of the molecule is Cc1c(N2C(=O)N(c3cc(C(F)(F)F)cs3)C(S(=O)(=O)O)[C@H]2C)cnc2ccccc12.O=C(O)C(F)(F)F. The summed E-state index contributed by atoms with van der Waals surface area (Å²) in [7, 11) is -4.84. The van der Waals surface area contributed by atoms with Crippen molar-refractivity contribution in [2.24, 2.45) is 0 Å². The lowest BCUT2D eigenvalue weighted by Gasteiger charge is -2.23. The van der Waals surface area contributed by atoms with Crippen molar-refractivity contribution < 1.29 is 54.0 Å². The highest BCUT2D eigenvalue weighted by Gasteiger charge is 2.52. The number of hydrogen-bond donors (Lipinski definition) is 2. The Bertz CT molecular complexity index is 1490. The van der Waals surface area contributed by atoms with E-state index in [0.29, 0.717) is 39.1 Å². The van der Waals surface area contributed by atoms with Gasteiger partial charge in [0.15, 0.2) is 5.37 Å². The van der Waals surface area contributed by atoms with Gasteiger partial charge in [-0.25, -0.2) is 9.59 Å². The van der Waals surface area contributed by atoms with Gasteiger partial charge in [0.2, 0.25) is 0 Å². The first kappa shape index (κ1) is 29.1. The van der Waals surface area contributed by atoms with E-state index in [2.05, 4.69) is 4.98 Å². The van der Waals surface area contributed by atoms with Crippen molar-refractivity contribution in [3.63, 3.8) is 0 Å². The number of aryl methyl sites for hydroxylation is 1. The van der Waals surface area contributed by atoms with Gasteiger partial charge in [-0.3, -0.25) is 19.3 Å². The number of pyridine rings is 1. The maximum atomic E-state index is 13.3. The maximum Gasteiger partial charge on any atom is 0.490 e. The van der Waals surface area contributed by atoms with Gasteiger partial charge in [0, 0.05) is 10.8 Å². The number of benzene rings is 1. The first-order valence-corrected chi connectivity index (χ1v) is 12.6. The Morgan fingerprint density at radius 2 is 1.68 bits per heavy atom. The molecule has 2 atom stereocenters. The lowest BCUT2D eigenvalue weighted by molar-refractivity contribution is -0.192. The number of alkyl halides is 6. The predicted octanol–water partition coefficient (Wildman–Crippen LogP) is 5.31. The van der Waals surface area contributed by atoms with E-state index in [9.17, 15) is 44.1 Å². The molecule has 1 fully saturated rings. The molecule has 2 aromatic heterocycles. The van der Waals surface area contributed by atoms with Gasteiger partial charge >= 0.3 is 24.4 Å². The van der Waals surface area contributed by atoms with Crippen LogP contribution in [-0.2, 0) is 21.1 Å². The van der Waals surface area contributed by atoms with Crippen LogP contribution in [-0.4, -0.2) is 52.7 Å². The van der Waals surface area contributed by atoms with E-state index in [1.165, 1.54) is 13.1 Å². The van der Waals surface area contributed by atoms with E-state index in [4.69, 9.17) is 9.90 Å². The Labute approximate surface area is 214 Å². The smallest absolute Gasteiger partial charge is 0.475 e. The summed E-state index contributed by atoms with van der Waals surface area (Å²) in [6.07, 6.45) is -8.33. The summed E-state index contributed by atoms with van der Waals surface area (Å²) in [6.45, 7) is 3.14.